The molecule has 0 saturated carbocycles. The molecule has 84 valence electrons. The maximum Gasteiger partial charge on any atom is 0.189 e. The van der Waals surface area contributed by atoms with Gasteiger partial charge >= 0.3 is 0 Å². The normalized spacial score (nSPS) is 10.9. The van der Waals surface area contributed by atoms with Crippen molar-refractivity contribution in [2.24, 2.45) is 0 Å². The summed E-state index contributed by atoms with van der Waals surface area (Å²) in [6, 6.07) is 4.76. The number of hydrogen-bond acceptors (Lipinski definition) is 2. The van der Waals surface area contributed by atoms with Gasteiger partial charge in [-0.15, -0.1) is 0 Å². The molecule has 0 amide bonds. The van der Waals surface area contributed by atoms with Crippen LogP contribution in [0.3, 0.4) is 0 Å². The van der Waals surface area contributed by atoms with Crippen LogP contribution in [-0.4, -0.2) is 12.1 Å². The molecule has 2 aromatic rings. The Morgan fingerprint density at radius 2 is 2.12 bits per heavy atom. The Morgan fingerprint density at radius 3 is 2.81 bits per heavy atom. The van der Waals surface area contributed by atoms with Crippen LogP contribution >= 0.6 is 23.2 Å². The number of halogens is 2. The van der Waals surface area contributed by atoms with Gasteiger partial charge in [-0.2, -0.15) is 0 Å². The summed E-state index contributed by atoms with van der Waals surface area (Å²) in [6.07, 6.45) is 0. The number of pyridine rings is 1. The zero-order valence-electron chi connectivity index (χ0n) is 8.51. The van der Waals surface area contributed by atoms with E-state index in [0.29, 0.717) is 33.2 Å². The van der Waals surface area contributed by atoms with Gasteiger partial charge in [0.1, 0.15) is 0 Å². The molecule has 5 heteroatoms. The van der Waals surface area contributed by atoms with E-state index in [1.54, 1.807) is 19.2 Å². The molecule has 1 aromatic carbocycles. The number of methoxy groups -OCH3 is 1. The summed E-state index contributed by atoms with van der Waals surface area (Å²) >= 11 is 11.9. The minimum atomic E-state index is -0.0978. The van der Waals surface area contributed by atoms with Gasteiger partial charge in [0.15, 0.2) is 5.43 Å². The highest BCUT2D eigenvalue weighted by molar-refractivity contribution is 6.44. The van der Waals surface area contributed by atoms with Crippen LogP contribution in [0.5, 0.6) is 0 Å². The van der Waals surface area contributed by atoms with Gasteiger partial charge in [-0.3, -0.25) is 4.79 Å². The monoisotopic (exact) mass is 257 g/mol. The Labute approximate surface area is 102 Å². The smallest absolute Gasteiger partial charge is 0.189 e. The Balaban J connectivity index is 2.78. The van der Waals surface area contributed by atoms with Crippen molar-refractivity contribution in [3.8, 4) is 0 Å². The molecule has 0 bridgehead atoms. The summed E-state index contributed by atoms with van der Waals surface area (Å²) in [5.74, 6) is 0. The van der Waals surface area contributed by atoms with Crippen LogP contribution in [0.4, 0.5) is 0 Å². The first-order chi connectivity index (χ1) is 7.63. The van der Waals surface area contributed by atoms with Crippen molar-refractivity contribution in [2.75, 3.05) is 7.11 Å². The Hall–Kier alpha value is -1.03. The summed E-state index contributed by atoms with van der Waals surface area (Å²) in [5, 5.41) is 1.29. The lowest BCUT2D eigenvalue weighted by atomic mass is 10.2. The molecule has 0 fully saturated rings. The number of H-pyrrole nitrogens is 1. The topological polar surface area (TPSA) is 42.1 Å². The second kappa shape index (κ2) is 4.45. The van der Waals surface area contributed by atoms with Crippen molar-refractivity contribution in [2.45, 2.75) is 6.61 Å². The van der Waals surface area contributed by atoms with E-state index in [2.05, 4.69) is 4.98 Å². The molecule has 0 radical (unpaired) electrons. The number of benzene rings is 1. The van der Waals surface area contributed by atoms with Gasteiger partial charge in [0, 0.05) is 24.3 Å². The maximum absolute atomic E-state index is 11.8. The number of hydrogen-bond donors (Lipinski definition) is 1. The molecule has 0 aliphatic rings. The highest BCUT2D eigenvalue weighted by Gasteiger charge is 2.08. The maximum atomic E-state index is 11.8. The molecule has 0 atom stereocenters. The van der Waals surface area contributed by atoms with Gasteiger partial charge < -0.3 is 9.72 Å². The Kier molecular flexibility index (Phi) is 3.19. The largest absolute Gasteiger partial charge is 0.378 e. The average molecular weight is 258 g/mol. The lowest BCUT2D eigenvalue weighted by molar-refractivity contribution is 0.181. The fourth-order valence-corrected chi connectivity index (χ4v) is 1.91. The van der Waals surface area contributed by atoms with E-state index < -0.39 is 0 Å². The fourth-order valence-electron chi connectivity index (χ4n) is 1.54. The third-order valence-electron chi connectivity index (χ3n) is 2.25. The number of rotatable bonds is 2. The molecule has 0 unspecified atom stereocenters. The molecule has 1 aromatic heterocycles. The van der Waals surface area contributed by atoms with Gasteiger partial charge in [0.25, 0.3) is 0 Å². The van der Waals surface area contributed by atoms with Crippen LogP contribution in [0.25, 0.3) is 10.9 Å². The van der Waals surface area contributed by atoms with E-state index in [1.165, 1.54) is 6.07 Å². The van der Waals surface area contributed by atoms with Crippen LogP contribution < -0.4 is 5.43 Å². The van der Waals surface area contributed by atoms with E-state index >= 15 is 0 Å². The molecule has 0 spiro atoms. The summed E-state index contributed by atoms with van der Waals surface area (Å²) in [4.78, 5) is 14.8. The van der Waals surface area contributed by atoms with Crippen molar-refractivity contribution in [3.63, 3.8) is 0 Å². The zero-order chi connectivity index (χ0) is 11.7. The van der Waals surface area contributed by atoms with Crippen LogP contribution in [-0.2, 0) is 11.3 Å². The molecule has 16 heavy (non-hydrogen) atoms. The third-order valence-corrected chi connectivity index (χ3v) is 3.06. The first kappa shape index (κ1) is 11.5. The van der Waals surface area contributed by atoms with E-state index in [9.17, 15) is 4.79 Å². The summed E-state index contributed by atoms with van der Waals surface area (Å²) < 4.78 is 4.96. The van der Waals surface area contributed by atoms with Crippen LogP contribution in [0.2, 0.25) is 10.0 Å². The van der Waals surface area contributed by atoms with Crippen molar-refractivity contribution in [1.82, 2.24) is 4.98 Å². The fraction of sp³-hybridized carbons (Fsp3) is 0.182. The first-order valence-corrected chi connectivity index (χ1v) is 5.38. The van der Waals surface area contributed by atoms with E-state index in [1.807, 2.05) is 0 Å². The lowest BCUT2D eigenvalue weighted by Crippen LogP contribution is -2.06. The molecule has 0 aliphatic heterocycles. The summed E-state index contributed by atoms with van der Waals surface area (Å²) in [5.41, 5.74) is 1.12. The molecule has 2 rings (SSSR count). The SMILES string of the molecule is COCc1cc(=O)c2ccc(Cl)c(Cl)c2[nH]1. The summed E-state index contributed by atoms with van der Waals surface area (Å²) in [7, 11) is 1.56. The number of fused-ring (bicyclic) bond motifs is 1. The van der Waals surface area contributed by atoms with Gasteiger partial charge in [0.05, 0.1) is 22.2 Å². The summed E-state index contributed by atoms with van der Waals surface area (Å²) in [6.45, 7) is 0.327. The van der Waals surface area contributed by atoms with E-state index in [0.717, 1.165) is 0 Å². The molecular formula is C11H9Cl2NO2. The van der Waals surface area contributed by atoms with Crippen LogP contribution in [0.15, 0.2) is 23.0 Å². The molecule has 3 nitrogen and oxygen atoms in total. The minimum Gasteiger partial charge on any atom is -0.378 e. The Morgan fingerprint density at radius 1 is 1.38 bits per heavy atom. The van der Waals surface area contributed by atoms with Crippen molar-refractivity contribution >= 4 is 34.1 Å². The highest BCUT2D eigenvalue weighted by atomic mass is 35.5. The molecule has 0 aliphatic carbocycles. The molecule has 0 saturated heterocycles. The van der Waals surface area contributed by atoms with E-state index in [4.69, 9.17) is 27.9 Å². The molecule has 1 heterocycles. The molecule has 1 N–H and O–H groups in total. The van der Waals surface area contributed by atoms with Gasteiger partial charge in [0.2, 0.25) is 0 Å². The second-order valence-corrected chi connectivity index (χ2v) is 4.16. The highest BCUT2D eigenvalue weighted by Crippen LogP contribution is 2.27. The second-order valence-electron chi connectivity index (χ2n) is 3.38. The number of aromatic nitrogens is 1. The number of ether oxygens (including phenoxy) is 1. The number of aromatic amines is 1. The third kappa shape index (κ3) is 1.94. The predicted molar refractivity (Wildman–Crippen MR) is 65.3 cm³/mol. The van der Waals surface area contributed by atoms with Crippen molar-refractivity contribution in [1.29, 1.82) is 0 Å². The lowest BCUT2D eigenvalue weighted by Gasteiger charge is -2.05. The van der Waals surface area contributed by atoms with Gasteiger partial charge in [-0.05, 0) is 12.1 Å². The van der Waals surface area contributed by atoms with Gasteiger partial charge in [-0.25, -0.2) is 0 Å². The van der Waals surface area contributed by atoms with Crippen molar-refractivity contribution < 1.29 is 4.74 Å². The number of nitrogens with one attached hydrogen (secondary N) is 1. The first-order valence-electron chi connectivity index (χ1n) is 4.62. The molecular weight excluding hydrogens is 249 g/mol. The quantitative estimate of drug-likeness (QED) is 0.899. The zero-order valence-corrected chi connectivity index (χ0v) is 10.0. The minimum absolute atomic E-state index is 0.0978. The van der Waals surface area contributed by atoms with Crippen LogP contribution in [0, 0.1) is 0 Å². The Bertz CT molecular complexity index is 592. The standard InChI is InChI=1S/C11H9Cl2NO2/c1-16-5-6-4-9(15)7-2-3-8(12)10(13)11(7)14-6/h2-4H,5H2,1H3,(H,14,15). The van der Waals surface area contributed by atoms with Crippen LogP contribution in [0.1, 0.15) is 5.69 Å². The van der Waals surface area contributed by atoms with E-state index in [-0.39, 0.29) is 5.43 Å². The van der Waals surface area contributed by atoms with Gasteiger partial charge in [-0.1, -0.05) is 23.2 Å². The van der Waals surface area contributed by atoms with Crippen molar-refractivity contribution in [3.05, 3.63) is 44.2 Å². The average Bonchev–Trinajstić information content (AvgIpc) is 2.25. The predicted octanol–water partition coefficient (Wildman–Crippen LogP) is 2.98.